The van der Waals surface area contributed by atoms with Crippen molar-refractivity contribution in [1.29, 1.82) is 0 Å². The number of nitrogens with one attached hydrogen (secondary N) is 1. The van der Waals surface area contributed by atoms with Crippen LogP contribution in [-0.4, -0.2) is 41.9 Å². The molecule has 0 fully saturated rings. The molecule has 19 heavy (non-hydrogen) atoms. The zero-order valence-electron chi connectivity index (χ0n) is 10.4. The van der Waals surface area contributed by atoms with E-state index < -0.39 is 10.0 Å². The van der Waals surface area contributed by atoms with Gasteiger partial charge in [-0.1, -0.05) is 11.6 Å². The minimum absolute atomic E-state index is 0.153. The van der Waals surface area contributed by atoms with Crippen LogP contribution in [0.15, 0.2) is 27.6 Å². The average Bonchev–Trinajstić information content (AvgIpc) is 2.36. The van der Waals surface area contributed by atoms with Gasteiger partial charge in [0.1, 0.15) is 0 Å². The number of hydrogen-bond donors (Lipinski definition) is 1. The SMILES string of the molecule is COCCOCCNS(=O)(=O)c1ccc(Cl)c(Br)c1. The van der Waals surface area contributed by atoms with Gasteiger partial charge < -0.3 is 9.47 Å². The van der Waals surface area contributed by atoms with E-state index in [4.69, 9.17) is 21.1 Å². The van der Waals surface area contributed by atoms with Gasteiger partial charge in [-0.3, -0.25) is 0 Å². The first-order valence-electron chi connectivity index (χ1n) is 5.49. The Morgan fingerprint density at radius 2 is 2.05 bits per heavy atom. The number of halogens is 2. The first-order valence-corrected chi connectivity index (χ1v) is 8.14. The Balaban J connectivity index is 2.49. The lowest BCUT2D eigenvalue weighted by Crippen LogP contribution is -2.27. The molecule has 0 amide bonds. The van der Waals surface area contributed by atoms with Crippen LogP contribution in [0.2, 0.25) is 5.02 Å². The number of methoxy groups -OCH3 is 1. The van der Waals surface area contributed by atoms with Crippen LogP contribution in [0.4, 0.5) is 0 Å². The highest BCUT2D eigenvalue weighted by atomic mass is 79.9. The van der Waals surface area contributed by atoms with Crippen molar-refractivity contribution in [1.82, 2.24) is 4.72 Å². The Kier molecular flexibility index (Phi) is 7.27. The summed E-state index contributed by atoms with van der Waals surface area (Å²) in [5.74, 6) is 0. The van der Waals surface area contributed by atoms with E-state index in [1.165, 1.54) is 18.2 Å². The standard InChI is InChI=1S/C11H15BrClNO4S/c1-17-6-7-18-5-4-14-19(15,16)9-2-3-11(13)10(12)8-9/h2-3,8,14H,4-7H2,1H3. The highest BCUT2D eigenvalue weighted by Gasteiger charge is 2.14. The van der Waals surface area contributed by atoms with Crippen LogP contribution < -0.4 is 4.72 Å². The first kappa shape index (κ1) is 16.9. The Morgan fingerprint density at radius 1 is 1.32 bits per heavy atom. The summed E-state index contributed by atoms with van der Waals surface area (Å²) in [5.41, 5.74) is 0. The van der Waals surface area contributed by atoms with Gasteiger partial charge in [0.05, 0.1) is 29.7 Å². The van der Waals surface area contributed by atoms with Gasteiger partial charge in [0.25, 0.3) is 0 Å². The summed E-state index contributed by atoms with van der Waals surface area (Å²) in [6, 6.07) is 4.42. The Morgan fingerprint density at radius 3 is 2.68 bits per heavy atom. The van der Waals surface area contributed by atoms with Crippen LogP contribution in [0.25, 0.3) is 0 Å². The molecule has 1 N–H and O–H groups in total. The molecular weight excluding hydrogens is 358 g/mol. The summed E-state index contributed by atoms with van der Waals surface area (Å²) in [4.78, 5) is 0.153. The van der Waals surface area contributed by atoms with Gasteiger partial charge >= 0.3 is 0 Å². The van der Waals surface area contributed by atoms with Gasteiger partial charge in [-0.15, -0.1) is 0 Å². The van der Waals surface area contributed by atoms with Crippen molar-refractivity contribution in [2.24, 2.45) is 0 Å². The fourth-order valence-electron chi connectivity index (χ4n) is 1.22. The Labute approximate surface area is 126 Å². The second-order valence-electron chi connectivity index (χ2n) is 3.58. The third-order valence-corrected chi connectivity index (χ3v) is 4.84. The second kappa shape index (κ2) is 8.18. The van der Waals surface area contributed by atoms with E-state index in [0.717, 1.165) is 0 Å². The van der Waals surface area contributed by atoms with Crippen LogP contribution in [0.1, 0.15) is 0 Å². The van der Waals surface area contributed by atoms with Crippen LogP contribution in [0.3, 0.4) is 0 Å². The first-order chi connectivity index (χ1) is 8.97. The number of rotatable bonds is 8. The van der Waals surface area contributed by atoms with Crippen molar-refractivity contribution in [2.75, 3.05) is 33.5 Å². The highest BCUT2D eigenvalue weighted by Crippen LogP contribution is 2.25. The smallest absolute Gasteiger partial charge is 0.240 e. The molecule has 0 radical (unpaired) electrons. The molecule has 0 saturated heterocycles. The molecule has 108 valence electrons. The van der Waals surface area contributed by atoms with E-state index in [9.17, 15) is 8.42 Å². The van der Waals surface area contributed by atoms with Crippen LogP contribution in [-0.2, 0) is 19.5 Å². The quantitative estimate of drug-likeness (QED) is 0.709. The molecule has 0 unspecified atom stereocenters. The summed E-state index contributed by atoms with van der Waals surface area (Å²) in [5, 5.41) is 0.460. The van der Waals surface area contributed by atoms with Gasteiger partial charge in [0.15, 0.2) is 0 Å². The van der Waals surface area contributed by atoms with E-state index in [-0.39, 0.29) is 18.0 Å². The van der Waals surface area contributed by atoms with Gasteiger partial charge in [-0.05, 0) is 34.1 Å². The fourth-order valence-corrected chi connectivity index (χ4v) is 2.91. The predicted octanol–water partition coefficient (Wildman–Crippen LogP) is 2.04. The van der Waals surface area contributed by atoms with E-state index in [2.05, 4.69) is 20.7 Å². The maximum atomic E-state index is 11.9. The molecule has 8 heteroatoms. The molecule has 0 aliphatic rings. The van der Waals surface area contributed by atoms with Crippen molar-refractivity contribution in [3.05, 3.63) is 27.7 Å². The third-order valence-electron chi connectivity index (χ3n) is 2.17. The van der Waals surface area contributed by atoms with Gasteiger partial charge in [-0.2, -0.15) is 0 Å². The van der Waals surface area contributed by atoms with Gasteiger partial charge in [-0.25, -0.2) is 13.1 Å². The van der Waals surface area contributed by atoms with Crippen molar-refractivity contribution in [2.45, 2.75) is 4.90 Å². The molecule has 1 aromatic rings. The molecule has 0 atom stereocenters. The highest BCUT2D eigenvalue weighted by molar-refractivity contribution is 9.10. The van der Waals surface area contributed by atoms with E-state index in [0.29, 0.717) is 22.7 Å². The zero-order valence-corrected chi connectivity index (χ0v) is 13.5. The van der Waals surface area contributed by atoms with Crippen LogP contribution >= 0.6 is 27.5 Å². The predicted molar refractivity (Wildman–Crippen MR) is 77.0 cm³/mol. The molecule has 5 nitrogen and oxygen atoms in total. The van der Waals surface area contributed by atoms with Crippen LogP contribution in [0.5, 0.6) is 0 Å². The van der Waals surface area contributed by atoms with E-state index in [1.54, 1.807) is 7.11 Å². The minimum Gasteiger partial charge on any atom is -0.382 e. The summed E-state index contributed by atoms with van der Waals surface area (Å²) >= 11 is 9.00. The van der Waals surface area contributed by atoms with Crippen molar-refractivity contribution >= 4 is 37.6 Å². The van der Waals surface area contributed by atoms with Crippen LogP contribution in [0, 0.1) is 0 Å². The molecule has 0 aliphatic heterocycles. The largest absolute Gasteiger partial charge is 0.382 e. The Hall–Kier alpha value is -0.180. The topological polar surface area (TPSA) is 64.6 Å². The van der Waals surface area contributed by atoms with Crippen molar-refractivity contribution in [3.63, 3.8) is 0 Å². The van der Waals surface area contributed by atoms with E-state index >= 15 is 0 Å². The Bertz CT molecular complexity index is 509. The molecule has 0 aliphatic carbocycles. The minimum atomic E-state index is -3.54. The maximum Gasteiger partial charge on any atom is 0.240 e. The normalized spacial score (nSPS) is 11.7. The molecule has 0 bridgehead atoms. The molecular formula is C11H15BrClNO4S. The fraction of sp³-hybridized carbons (Fsp3) is 0.455. The van der Waals surface area contributed by atoms with Gasteiger partial charge in [0, 0.05) is 18.1 Å². The number of benzene rings is 1. The number of hydrogen-bond acceptors (Lipinski definition) is 4. The summed E-state index contributed by atoms with van der Waals surface area (Å²) in [6.45, 7) is 1.41. The van der Waals surface area contributed by atoms with Crippen molar-refractivity contribution < 1.29 is 17.9 Å². The second-order valence-corrected chi connectivity index (χ2v) is 6.61. The third kappa shape index (κ3) is 5.76. The monoisotopic (exact) mass is 371 g/mol. The lowest BCUT2D eigenvalue weighted by atomic mass is 10.4. The molecule has 0 saturated carbocycles. The summed E-state index contributed by atoms with van der Waals surface area (Å²) in [7, 11) is -1.97. The van der Waals surface area contributed by atoms with Crippen molar-refractivity contribution in [3.8, 4) is 0 Å². The maximum absolute atomic E-state index is 11.9. The number of sulfonamides is 1. The lowest BCUT2D eigenvalue weighted by Gasteiger charge is -2.08. The van der Waals surface area contributed by atoms with Gasteiger partial charge in [0.2, 0.25) is 10.0 Å². The molecule has 0 spiro atoms. The lowest BCUT2D eigenvalue weighted by molar-refractivity contribution is 0.0736. The summed E-state index contributed by atoms with van der Waals surface area (Å²) < 4.78 is 36.8. The molecule has 0 aromatic heterocycles. The molecule has 0 heterocycles. The molecule has 1 rings (SSSR count). The molecule has 1 aromatic carbocycles. The zero-order chi connectivity index (χ0) is 14.3. The summed E-state index contributed by atoms with van der Waals surface area (Å²) in [6.07, 6.45) is 0. The van der Waals surface area contributed by atoms with E-state index in [1.807, 2.05) is 0 Å². The average molecular weight is 373 g/mol. The number of ether oxygens (including phenoxy) is 2.